The zero-order chi connectivity index (χ0) is 21.2. The van der Waals surface area contributed by atoms with Crippen LogP contribution in [-0.2, 0) is 15.1 Å². The number of carbonyl (C=O) groups excluding carboxylic acids is 3. The van der Waals surface area contributed by atoms with Gasteiger partial charge in [-0.1, -0.05) is 36.4 Å². The van der Waals surface area contributed by atoms with E-state index in [9.17, 15) is 23.2 Å². The monoisotopic (exact) mass is 403 g/mol. The summed E-state index contributed by atoms with van der Waals surface area (Å²) in [5, 5.41) is 5.02. The van der Waals surface area contributed by atoms with Gasteiger partial charge in [-0.25, -0.2) is 4.79 Å². The van der Waals surface area contributed by atoms with Crippen LogP contribution in [0.1, 0.15) is 18.1 Å². The Morgan fingerprint density at radius 2 is 1.83 bits per heavy atom. The molecule has 29 heavy (non-hydrogen) atoms. The van der Waals surface area contributed by atoms with Gasteiger partial charge < -0.3 is 15.4 Å². The summed E-state index contributed by atoms with van der Waals surface area (Å²) in [6.07, 6.45) is 0. The Labute approximate surface area is 165 Å². The molecule has 7 nitrogen and oxygen atoms in total. The molecule has 152 valence electrons. The molecule has 9 heteroatoms. The van der Waals surface area contributed by atoms with Crippen LogP contribution in [-0.4, -0.2) is 35.9 Å². The van der Waals surface area contributed by atoms with E-state index in [1.54, 1.807) is 19.1 Å². The van der Waals surface area contributed by atoms with Gasteiger partial charge in [-0.3, -0.25) is 14.5 Å². The van der Waals surface area contributed by atoms with E-state index >= 15 is 0 Å². The molecular formula is C20H19F2N3O4. The van der Waals surface area contributed by atoms with Crippen LogP contribution in [0.25, 0.3) is 0 Å². The Balaban J connectivity index is 1.76. The van der Waals surface area contributed by atoms with E-state index < -0.39 is 36.5 Å². The first-order valence-electron chi connectivity index (χ1n) is 8.76. The number of benzene rings is 2. The van der Waals surface area contributed by atoms with Crippen LogP contribution in [0.15, 0.2) is 48.5 Å². The summed E-state index contributed by atoms with van der Waals surface area (Å²) < 4.78 is 29.4. The van der Waals surface area contributed by atoms with E-state index in [4.69, 9.17) is 0 Å². The van der Waals surface area contributed by atoms with E-state index in [1.807, 2.05) is 19.1 Å². The van der Waals surface area contributed by atoms with Crippen molar-refractivity contribution in [2.24, 2.45) is 0 Å². The minimum Gasteiger partial charge on any atom is -0.433 e. The van der Waals surface area contributed by atoms with Crippen LogP contribution in [0.3, 0.4) is 0 Å². The van der Waals surface area contributed by atoms with Crippen molar-refractivity contribution in [1.82, 2.24) is 10.2 Å². The van der Waals surface area contributed by atoms with Crippen molar-refractivity contribution in [2.75, 3.05) is 11.9 Å². The first-order chi connectivity index (χ1) is 13.7. The van der Waals surface area contributed by atoms with Crippen molar-refractivity contribution in [3.63, 3.8) is 0 Å². The number of aryl methyl sites for hydroxylation is 1. The zero-order valence-corrected chi connectivity index (χ0v) is 15.7. The highest BCUT2D eigenvalue weighted by atomic mass is 19.3. The molecule has 3 rings (SSSR count). The first kappa shape index (κ1) is 20.2. The fourth-order valence-corrected chi connectivity index (χ4v) is 3.26. The minimum atomic E-state index is -3.06. The Kier molecular flexibility index (Phi) is 5.49. The Hall–Kier alpha value is -3.49. The summed E-state index contributed by atoms with van der Waals surface area (Å²) in [4.78, 5) is 38.5. The maximum Gasteiger partial charge on any atom is 0.387 e. The van der Waals surface area contributed by atoms with Crippen molar-refractivity contribution in [3.8, 4) is 5.75 Å². The number of halogens is 2. The lowest BCUT2D eigenvalue weighted by atomic mass is 9.88. The molecule has 4 amide bonds. The number of carbonyl (C=O) groups is 3. The molecule has 1 fully saturated rings. The summed E-state index contributed by atoms with van der Waals surface area (Å²) in [6, 6.07) is 12.0. The van der Waals surface area contributed by atoms with E-state index in [0.717, 1.165) is 10.5 Å². The summed E-state index contributed by atoms with van der Waals surface area (Å²) in [5.41, 5.74) is 0.135. The molecule has 1 heterocycles. The third kappa shape index (κ3) is 4.03. The lowest BCUT2D eigenvalue weighted by Crippen LogP contribution is -2.42. The largest absolute Gasteiger partial charge is 0.433 e. The number of urea groups is 1. The summed E-state index contributed by atoms with van der Waals surface area (Å²) in [5.74, 6) is -1.53. The number of amides is 4. The number of hydrogen-bond donors (Lipinski definition) is 2. The molecule has 2 aromatic rings. The maximum atomic E-state index is 12.9. The molecule has 1 aliphatic heterocycles. The van der Waals surface area contributed by atoms with Gasteiger partial charge in [0.05, 0.1) is 5.69 Å². The van der Waals surface area contributed by atoms with Crippen molar-refractivity contribution in [3.05, 3.63) is 59.7 Å². The molecule has 0 aliphatic carbocycles. The molecule has 1 aliphatic rings. The second-order valence-corrected chi connectivity index (χ2v) is 6.68. The normalized spacial score (nSPS) is 18.7. The van der Waals surface area contributed by atoms with E-state index in [0.29, 0.717) is 5.56 Å². The number of rotatable bonds is 6. The third-order valence-corrected chi connectivity index (χ3v) is 4.64. The molecule has 1 saturated heterocycles. The van der Waals surface area contributed by atoms with E-state index in [2.05, 4.69) is 15.4 Å². The number of imide groups is 1. The van der Waals surface area contributed by atoms with Crippen LogP contribution in [0.2, 0.25) is 0 Å². The Morgan fingerprint density at radius 1 is 1.17 bits per heavy atom. The van der Waals surface area contributed by atoms with Crippen molar-refractivity contribution >= 4 is 23.5 Å². The molecule has 0 aromatic heterocycles. The second-order valence-electron chi connectivity index (χ2n) is 6.68. The smallest absolute Gasteiger partial charge is 0.387 e. The lowest BCUT2D eigenvalue weighted by Gasteiger charge is -2.24. The summed E-state index contributed by atoms with van der Waals surface area (Å²) in [6.45, 7) is -0.252. The number of para-hydroxylation sites is 2. The van der Waals surface area contributed by atoms with Gasteiger partial charge in [0.25, 0.3) is 5.91 Å². The average Bonchev–Trinajstić information content (AvgIpc) is 2.87. The highest BCUT2D eigenvalue weighted by Gasteiger charge is 2.50. The van der Waals surface area contributed by atoms with E-state index in [1.165, 1.54) is 24.3 Å². The van der Waals surface area contributed by atoms with Crippen LogP contribution < -0.4 is 15.4 Å². The molecule has 0 saturated carbocycles. The van der Waals surface area contributed by atoms with Crippen LogP contribution in [0, 0.1) is 6.92 Å². The molecule has 1 unspecified atom stereocenters. The number of nitrogens with one attached hydrogen (secondary N) is 2. The number of nitrogens with zero attached hydrogens (tertiary/aromatic N) is 1. The topological polar surface area (TPSA) is 87.7 Å². The van der Waals surface area contributed by atoms with Crippen LogP contribution in [0.4, 0.5) is 19.3 Å². The number of hydrogen-bond acceptors (Lipinski definition) is 4. The Morgan fingerprint density at radius 3 is 2.52 bits per heavy atom. The highest BCUT2D eigenvalue weighted by Crippen LogP contribution is 2.31. The molecule has 2 N–H and O–H groups in total. The first-order valence-corrected chi connectivity index (χ1v) is 8.76. The average molecular weight is 403 g/mol. The number of anilines is 1. The standard InChI is InChI=1S/C20H19F2N3O4/c1-12-7-3-4-8-13(12)20(2)17(27)25(19(28)24-20)11-16(26)23-14-9-5-6-10-15(14)29-18(21)22/h3-10,18H,11H2,1-2H3,(H,23,26)(H,24,28). The van der Waals surface area contributed by atoms with Gasteiger partial charge in [-0.15, -0.1) is 0 Å². The molecule has 0 bridgehead atoms. The second kappa shape index (κ2) is 7.86. The van der Waals surface area contributed by atoms with Gasteiger partial charge in [0, 0.05) is 0 Å². The van der Waals surface area contributed by atoms with Crippen molar-refractivity contribution in [1.29, 1.82) is 0 Å². The predicted octanol–water partition coefficient (Wildman–Crippen LogP) is 3.00. The van der Waals surface area contributed by atoms with Gasteiger partial charge >= 0.3 is 12.6 Å². The fourth-order valence-electron chi connectivity index (χ4n) is 3.26. The van der Waals surface area contributed by atoms with Crippen LogP contribution >= 0.6 is 0 Å². The molecule has 2 aromatic carbocycles. The number of ether oxygens (including phenoxy) is 1. The van der Waals surface area contributed by atoms with Crippen molar-refractivity contribution in [2.45, 2.75) is 26.0 Å². The highest BCUT2D eigenvalue weighted by molar-refractivity contribution is 6.10. The molecular weight excluding hydrogens is 384 g/mol. The number of alkyl halides is 2. The third-order valence-electron chi connectivity index (χ3n) is 4.64. The Bertz CT molecular complexity index is 966. The molecule has 1 atom stereocenters. The summed E-state index contributed by atoms with van der Waals surface area (Å²) >= 11 is 0. The SMILES string of the molecule is Cc1ccccc1C1(C)NC(=O)N(CC(=O)Nc2ccccc2OC(F)F)C1=O. The fraction of sp³-hybridized carbons (Fsp3) is 0.250. The molecule has 0 spiro atoms. The van der Waals surface area contributed by atoms with Crippen LogP contribution in [0.5, 0.6) is 5.75 Å². The van der Waals surface area contributed by atoms with Gasteiger partial charge in [-0.2, -0.15) is 8.78 Å². The summed E-state index contributed by atoms with van der Waals surface area (Å²) in [7, 11) is 0. The van der Waals surface area contributed by atoms with Gasteiger partial charge in [0.2, 0.25) is 5.91 Å². The minimum absolute atomic E-state index is 0.00604. The van der Waals surface area contributed by atoms with Crippen molar-refractivity contribution < 1.29 is 27.9 Å². The predicted molar refractivity (Wildman–Crippen MR) is 100 cm³/mol. The quantitative estimate of drug-likeness (QED) is 0.726. The van der Waals surface area contributed by atoms with Gasteiger partial charge in [-0.05, 0) is 37.1 Å². The lowest BCUT2D eigenvalue weighted by molar-refractivity contribution is -0.133. The molecule has 0 radical (unpaired) electrons. The maximum absolute atomic E-state index is 12.9. The zero-order valence-electron chi connectivity index (χ0n) is 15.7. The van der Waals surface area contributed by atoms with Gasteiger partial charge in [0.15, 0.2) is 0 Å². The van der Waals surface area contributed by atoms with Gasteiger partial charge in [0.1, 0.15) is 17.8 Å². The van der Waals surface area contributed by atoms with E-state index in [-0.39, 0.29) is 11.4 Å².